The zero-order chi connectivity index (χ0) is 23.2. The Bertz CT molecular complexity index is 885. The monoisotopic (exact) mass is 486 g/mol. The van der Waals surface area contributed by atoms with Crippen LogP contribution in [-0.4, -0.2) is 45.8 Å². The van der Waals surface area contributed by atoms with Gasteiger partial charge in [0.1, 0.15) is 4.32 Å². The molecule has 7 heteroatoms. The summed E-state index contributed by atoms with van der Waals surface area (Å²) in [6.45, 7) is 2.61. The predicted octanol–water partition coefficient (Wildman–Crippen LogP) is 5.94. The van der Waals surface area contributed by atoms with Crippen molar-refractivity contribution < 1.29 is 14.7 Å². The molecule has 2 aliphatic heterocycles. The molecular formula is C26H34N2O3S2. The summed E-state index contributed by atoms with van der Waals surface area (Å²) in [7, 11) is 0. The number of carboxylic acids is 1. The summed E-state index contributed by atoms with van der Waals surface area (Å²) in [5.74, 6) is 0.879. The molecule has 2 saturated heterocycles. The van der Waals surface area contributed by atoms with Gasteiger partial charge in [-0.05, 0) is 61.3 Å². The van der Waals surface area contributed by atoms with Crippen LogP contribution >= 0.6 is 24.0 Å². The minimum absolute atomic E-state index is 0.0371. The molecule has 3 fully saturated rings. The molecule has 0 radical (unpaired) electrons. The molecule has 1 amide bonds. The molecule has 1 N–H and O–H groups in total. The summed E-state index contributed by atoms with van der Waals surface area (Å²) in [6.07, 6.45) is 13.5. The molecule has 0 bridgehead atoms. The van der Waals surface area contributed by atoms with E-state index in [9.17, 15) is 9.59 Å². The van der Waals surface area contributed by atoms with Gasteiger partial charge in [0, 0.05) is 31.7 Å². The topological polar surface area (TPSA) is 60.9 Å². The van der Waals surface area contributed by atoms with E-state index < -0.39 is 5.97 Å². The Morgan fingerprint density at radius 3 is 2.39 bits per heavy atom. The van der Waals surface area contributed by atoms with Gasteiger partial charge >= 0.3 is 5.97 Å². The van der Waals surface area contributed by atoms with Crippen molar-refractivity contribution in [3.63, 3.8) is 0 Å². The maximum atomic E-state index is 12.7. The van der Waals surface area contributed by atoms with Gasteiger partial charge in [-0.2, -0.15) is 0 Å². The average molecular weight is 487 g/mol. The number of anilines is 1. The molecule has 0 unspecified atom stereocenters. The molecule has 1 aromatic carbocycles. The molecular weight excluding hydrogens is 452 g/mol. The van der Waals surface area contributed by atoms with Crippen LogP contribution in [0.15, 0.2) is 29.2 Å². The van der Waals surface area contributed by atoms with Crippen molar-refractivity contribution in [3.05, 3.63) is 34.7 Å². The molecule has 0 spiro atoms. The van der Waals surface area contributed by atoms with Crippen LogP contribution in [0.5, 0.6) is 0 Å². The van der Waals surface area contributed by atoms with Crippen LogP contribution in [0.1, 0.15) is 69.8 Å². The van der Waals surface area contributed by atoms with E-state index in [2.05, 4.69) is 29.2 Å². The maximum absolute atomic E-state index is 12.7. The summed E-state index contributed by atoms with van der Waals surface area (Å²) in [5.41, 5.74) is 2.24. The molecule has 2 heterocycles. The van der Waals surface area contributed by atoms with Crippen LogP contribution in [0.4, 0.5) is 5.69 Å². The van der Waals surface area contributed by atoms with Crippen molar-refractivity contribution in [2.24, 2.45) is 11.8 Å². The first-order valence-electron chi connectivity index (χ1n) is 12.3. The fourth-order valence-corrected chi connectivity index (χ4v) is 6.64. The molecule has 1 aromatic rings. The Morgan fingerprint density at radius 1 is 1.06 bits per heavy atom. The summed E-state index contributed by atoms with van der Waals surface area (Å²) >= 11 is 6.62. The van der Waals surface area contributed by atoms with Gasteiger partial charge in [-0.25, -0.2) is 0 Å². The minimum atomic E-state index is -0.857. The van der Waals surface area contributed by atoms with Crippen molar-refractivity contribution in [1.82, 2.24) is 4.90 Å². The zero-order valence-corrected chi connectivity index (χ0v) is 20.8. The SMILES string of the molecule is O=C(O)CCCN1C(=O)C(=Cc2ccc(N3CCC(CC4CCCCC4)CC3)cc2)SC1=S. The first-order chi connectivity index (χ1) is 16.0. The highest BCUT2D eigenvalue weighted by Gasteiger charge is 2.31. The first kappa shape index (κ1) is 24.3. The van der Waals surface area contributed by atoms with Crippen LogP contribution in [-0.2, 0) is 9.59 Å². The van der Waals surface area contributed by atoms with E-state index in [0.717, 1.165) is 30.5 Å². The second-order valence-corrected chi connectivity index (χ2v) is 11.3. The second kappa shape index (κ2) is 11.5. The van der Waals surface area contributed by atoms with Crippen molar-refractivity contribution in [2.45, 2.75) is 64.2 Å². The van der Waals surface area contributed by atoms with E-state index in [0.29, 0.717) is 22.2 Å². The van der Waals surface area contributed by atoms with E-state index in [4.69, 9.17) is 17.3 Å². The van der Waals surface area contributed by atoms with Crippen molar-refractivity contribution in [2.75, 3.05) is 24.5 Å². The zero-order valence-electron chi connectivity index (χ0n) is 19.2. The third-order valence-electron chi connectivity index (χ3n) is 7.21. The van der Waals surface area contributed by atoms with E-state index in [1.165, 1.54) is 73.7 Å². The predicted molar refractivity (Wildman–Crippen MR) is 139 cm³/mol. The van der Waals surface area contributed by atoms with Gasteiger partial charge in [-0.15, -0.1) is 0 Å². The molecule has 5 nitrogen and oxygen atoms in total. The number of carbonyl (C=O) groups is 2. The number of hydrogen-bond donors (Lipinski definition) is 1. The number of piperidine rings is 1. The lowest BCUT2D eigenvalue weighted by atomic mass is 9.80. The second-order valence-electron chi connectivity index (χ2n) is 9.59. The van der Waals surface area contributed by atoms with E-state index in [1.807, 2.05) is 6.08 Å². The number of carbonyl (C=O) groups excluding carboxylic acids is 1. The Labute approximate surface area is 206 Å². The number of thiocarbonyl (C=S) groups is 1. The highest BCUT2D eigenvalue weighted by atomic mass is 32.2. The third-order valence-corrected chi connectivity index (χ3v) is 8.59. The Kier molecular flexibility index (Phi) is 8.47. The van der Waals surface area contributed by atoms with E-state index in [1.54, 1.807) is 0 Å². The lowest BCUT2D eigenvalue weighted by Crippen LogP contribution is -2.34. The normalized spacial score (nSPS) is 21.9. The van der Waals surface area contributed by atoms with Gasteiger partial charge in [0.05, 0.1) is 4.91 Å². The van der Waals surface area contributed by atoms with Gasteiger partial charge in [-0.1, -0.05) is 68.2 Å². The first-order valence-corrected chi connectivity index (χ1v) is 13.5. The molecule has 1 aliphatic carbocycles. The van der Waals surface area contributed by atoms with Crippen LogP contribution in [0, 0.1) is 11.8 Å². The molecule has 178 valence electrons. The van der Waals surface area contributed by atoms with Crippen molar-refractivity contribution in [1.29, 1.82) is 0 Å². The number of benzene rings is 1. The largest absolute Gasteiger partial charge is 0.481 e. The number of rotatable bonds is 8. The number of hydrogen-bond acceptors (Lipinski definition) is 5. The maximum Gasteiger partial charge on any atom is 0.303 e. The molecule has 4 rings (SSSR count). The highest BCUT2D eigenvalue weighted by Crippen LogP contribution is 2.35. The Hall–Kier alpha value is -1.86. The summed E-state index contributed by atoms with van der Waals surface area (Å²) in [5, 5.41) is 8.81. The van der Waals surface area contributed by atoms with Crippen LogP contribution in [0.3, 0.4) is 0 Å². The quantitative estimate of drug-likeness (QED) is 0.362. The lowest BCUT2D eigenvalue weighted by molar-refractivity contribution is -0.137. The van der Waals surface area contributed by atoms with Gasteiger partial charge in [0.2, 0.25) is 0 Å². The van der Waals surface area contributed by atoms with Crippen molar-refractivity contribution in [3.8, 4) is 0 Å². The molecule has 0 aromatic heterocycles. The van der Waals surface area contributed by atoms with Crippen LogP contribution in [0.25, 0.3) is 6.08 Å². The molecule has 3 aliphatic rings. The molecule has 1 saturated carbocycles. The van der Waals surface area contributed by atoms with Crippen LogP contribution < -0.4 is 4.90 Å². The van der Waals surface area contributed by atoms with Crippen molar-refractivity contribution >= 4 is 51.9 Å². The standard InChI is InChI=1S/C26H34N2O3S2/c29-24(30)7-4-14-28-25(31)23(33-26(28)32)18-20-8-10-22(11-9-20)27-15-12-21(13-16-27)17-19-5-2-1-3-6-19/h8-11,18-19,21H,1-7,12-17H2,(H,29,30). The number of amides is 1. The van der Waals surface area contributed by atoms with Gasteiger partial charge in [0.25, 0.3) is 5.91 Å². The smallest absolute Gasteiger partial charge is 0.303 e. The number of nitrogens with zero attached hydrogens (tertiary/aromatic N) is 2. The van der Waals surface area contributed by atoms with Gasteiger partial charge < -0.3 is 10.0 Å². The number of aliphatic carboxylic acids is 1. The fourth-order valence-electron chi connectivity index (χ4n) is 5.34. The van der Waals surface area contributed by atoms with Gasteiger partial charge in [0.15, 0.2) is 0 Å². The van der Waals surface area contributed by atoms with E-state index in [-0.39, 0.29) is 12.3 Å². The van der Waals surface area contributed by atoms with Gasteiger partial charge in [-0.3, -0.25) is 14.5 Å². The minimum Gasteiger partial charge on any atom is -0.481 e. The molecule has 0 atom stereocenters. The summed E-state index contributed by atoms with van der Waals surface area (Å²) < 4.78 is 0.504. The lowest BCUT2D eigenvalue weighted by Gasteiger charge is -2.35. The Balaban J connectivity index is 1.28. The Morgan fingerprint density at radius 2 is 1.73 bits per heavy atom. The molecule has 33 heavy (non-hydrogen) atoms. The fraction of sp³-hybridized carbons (Fsp3) is 0.577. The third kappa shape index (κ3) is 6.60. The summed E-state index contributed by atoms with van der Waals surface area (Å²) in [4.78, 5) is 28.0. The number of carboxylic acid groups (broad SMARTS) is 1. The average Bonchev–Trinajstić information content (AvgIpc) is 3.08. The van der Waals surface area contributed by atoms with E-state index >= 15 is 0 Å². The number of thioether (sulfide) groups is 1. The highest BCUT2D eigenvalue weighted by molar-refractivity contribution is 8.26. The van der Waals surface area contributed by atoms with Crippen LogP contribution in [0.2, 0.25) is 0 Å². The summed E-state index contributed by atoms with van der Waals surface area (Å²) in [6, 6.07) is 8.45.